The van der Waals surface area contributed by atoms with E-state index in [9.17, 15) is 9.59 Å². The van der Waals surface area contributed by atoms with E-state index < -0.39 is 0 Å². The van der Waals surface area contributed by atoms with Gasteiger partial charge in [-0.05, 0) is 37.4 Å². The Bertz CT molecular complexity index is 614. The number of carbonyl (C=O) groups is 2. The van der Waals surface area contributed by atoms with Crippen molar-refractivity contribution in [2.45, 2.75) is 13.8 Å². The van der Waals surface area contributed by atoms with Crippen molar-refractivity contribution in [3.05, 3.63) is 36.0 Å². The van der Waals surface area contributed by atoms with Crippen LogP contribution >= 0.6 is 0 Å². The lowest BCUT2D eigenvalue weighted by Crippen LogP contribution is -2.39. The lowest BCUT2D eigenvalue weighted by Gasteiger charge is -2.18. The SMILES string of the molecule is CCN(CC)C(=O)CNC(=O)c1ccc2cc[nH]c2c1. The van der Waals surface area contributed by atoms with Crippen LogP contribution in [0.25, 0.3) is 10.9 Å². The average molecular weight is 273 g/mol. The lowest BCUT2D eigenvalue weighted by molar-refractivity contribution is -0.129. The second-order valence-electron chi connectivity index (χ2n) is 4.53. The second kappa shape index (κ2) is 6.23. The van der Waals surface area contributed by atoms with Crippen LogP contribution in [0.2, 0.25) is 0 Å². The Morgan fingerprint density at radius 3 is 2.65 bits per heavy atom. The third-order valence-corrected chi connectivity index (χ3v) is 3.33. The number of rotatable bonds is 5. The maximum Gasteiger partial charge on any atom is 0.251 e. The molecule has 1 aromatic carbocycles. The van der Waals surface area contributed by atoms with E-state index in [1.165, 1.54) is 0 Å². The molecule has 0 aliphatic carbocycles. The highest BCUT2D eigenvalue weighted by atomic mass is 16.2. The summed E-state index contributed by atoms with van der Waals surface area (Å²) in [6, 6.07) is 7.37. The molecule has 20 heavy (non-hydrogen) atoms. The van der Waals surface area contributed by atoms with Crippen LogP contribution in [-0.2, 0) is 4.79 Å². The molecular weight excluding hydrogens is 254 g/mol. The first-order valence-electron chi connectivity index (χ1n) is 6.78. The fourth-order valence-corrected chi connectivity index (χ4v) is 2.14. The molecule has 0 radical (unpaired) electrons. The Labute approximate surface area is 118 Å². The minimum absolute atomic E-state index is 0.0310. The number of benzene rings is 1. The van der Waals surface area contributed by atoms with Gasteiger partial charge in [0.05, 0.1) is 6.54 Å². The topological polar surface area (TPSA) is 65.2 Å². The summed E-state index contributed by atoms with van der Waals surface area (Å²) < 4.78 is 0. The first-order valence-corrected chi connectivity index (χ1v) is 6.78. The third kappa shape index (κ3) is 2.99. The van der Waals surface area contributed by atoms with Crippen LogP contribution in [0.1, 0.15) is 24.2 Å². The summed E-state index contributed by atoms with van der Waals surface area (Å²) in [7, 11) is 0. The van der Waals surface area contributed by atoms with E-state index in [2.05, 4.69) is 10.3 Å². The molecule has 0 saturated heterocycles. The maximum absolute atomic E-state index is 12.0. The Kier molecular flexibility index (Phi) is 4.40. The molecule has 1 heterocycles. The van der Waals surface area contributed by atoms with Gasteiger partial charge >= 0.3 is 0 Å². The molecule has 0 spiro atoms. The molecule has 5 nitrogen and oxygen atoms in total. The van der Waals surface area contributed by atoms with Crippen LogP contribution < -0.4 is 5.32 Å². The van der Waals surface area contributed by atoms with Crippen LogP contribution in [0.4, 0.5) is 0 Å². The van der Waals surface area contributed by atoms with Crippen LogP contribution in [-0.4, -0.2) is 41.3 Å². The minimum Gasteiger partial charge on any atom is -0.361 e. The van der Waals surface area contributed by atoms with Crippen molar-refractivity contribution in [3.63, 3.8) is 0 Å². The number of likely N-dealkylation sites (N-methyl/N-ethyl adjacent to an activating group) is 1. The molecule has 0 aliphatic heterocycles. The summed E-state index contributed by atoms with van der Waals surface area (Å²) in [6.45, 7) is 5.17. The molecule has 0 fully saturated rings. The summed E-state index contributed by atoms with van der Waals surface area (Å²) >= 11 is 0. The summed E-state index contributed by atoms with van der Waals surface area (Å²) in [4.78, 5) is 28.6. The monoisotopic (exact) mass is 273 g/mol. The molecule has 2 N–H and O–H groups in total. The van der Waals surface area contributed by atoms with Gasteiger partial charge in [-0.25, -0.2) is 0 Å². The first kappa shape index (κ1) is 14.1. The number of hydrogen-bond donors (Lipinski definition) is 2. The molecule has 106 valence electrons. The number of nitrogens with zero attached hydrogens (tertiary/aromatic N) is 1. The first-order chi connectivity index (χ1) is 9.65. The van der Waals surface area contributed by atoms with Crippen molar-refractivity contribution in [2.24, 2.45) is 0 Å². The summed E-state index contributed by atoms with van der Waals surface area (Å²) in [6.07, 6.45) is 1.83. The molecule has 2 amide bonds. The molecule has 0 aliphatic rings. The largest absolute Gasteiger partial charge is 0.361 e. The zero-order chi connectivity index (χ0) is 14.5. The highest BCUT2D eigenvalue weighted by molar-refractivity contribution is 5.99. The molecule has 0 bridgehead atoms. The van der Waals surface area contributed by atoms with Gasteiger partial charge in [-0.15, -0.1) is 0 Å². The Hall–Kier alpha value is -2.30. The van der Waals surface area contributed by atoms with E-state index in [-0.39, 0.29) is 18.4 Å². The summed E-state index contributed by atoms with van der Waals surface area (Å²) in [5.74, 6) is -0.300. The number of carbonyl (C=O) groups excluding carboxylic acids is 2. The number of H-pyrrole nitrogens is 1. The van der Waals surface area contributed by atoms with Crippen molar-refractivity contribution < 1.29 is 9.59 Å². The summed E-state index contributed by atoms with van der Waals surface area (Å²) in [5.41, 5.74) is 1.46. The van der Waals surface area contributed by atoms with E-state index >= 15 is 0 Å². The Morgan fingerprint density at radius 2 is 1.95 bits per heavy atom. The second-order valence-corrected chi connectivity index (χ2v) is 4.53. The fraction of sp³-hybridized carbons (Fsp3) is 0.333. The van der Waals surface area contributed by atoms with Gasteiger partial charge in [0.25, 0.3) is 5.91 Å². The van der Waals surface area contributed by atoms with Crippen LogP contribution in [0.5, 0.6) is 0 Å². The van der Waals surface area contributed by atoms with Gasteiger partial charge in [0.15, 0.2) is 0 Å². The average Bonchev–Trinajstić information content (AvgIpc) is 2.93. The van der Waals surface area contributed by atoms with Gasteiger partial charge in [-0.2, -0.15) is 0 Å². The van der Waals surface area contributed by atoms with Crippen molar-refractivity contribution >= 4 is 22.7 Å². The molecule has 1 aromatic heterocycles. The maximum atomic E-state index is 12.0. The Morgan fingerprint density at radius 1 is 1.20 bits per heavy atom. The van der Waals surface area contributed by atoms with Gasteiger partial charge in [-0.1, -0.05) is 6.07 Å². The van der Waals surface area contributed by atoms with Crippen molar-refractivity contribution in [2.75, 3.05) is 19.6 Å². The van der Waals surface area contributed by atoms with E-state index in [1.54, 1.807) is 17.0 Å². The van der Waals surface area contributed by atoms with E-state index in [0.29, 0.717) is 18.7 Å². The highest BCUT2D eigenvalue weighted by Crippen LogP contribution is 2.13. The van der Waals surface area contributed by atoms with Crippen LogP contribution in [0, 0.1) is 0 Å². The molecule has 2 rings (SSSR count). The molecular formula is C15H19N3O2. The molecule has 5 heteroatoms. The molecule has 2 aromatic rings. The lowest BCUT2D eigenvalue weighted by atomic mass is 10.1. The van der Waals surface area contributed by atoms with E-state index in [4.69, 9.17) is 0 Å². The van der Waals surface area contributed by atoms with Crippen molar-refractivity contribution in [3.8, 4) is 0 Å². The number of fused-ring (bicyclic) bond motifs is 1. The number of aromatic amines is 1. The number of aromatic nitrogens is 1. The minimum atomic E-state index is -0.234. The van der Waals surface area contributed by atoms with Gasteiger partial charge in [0.1, 0.15) is 0 Å². The van der Waals surface area contributed by atoms with E-state index in [0.717, 1.165) is 10.9 Å². The summed E-state index contributed by atoms with van der Waals surface area (Å²) in [5, 5.41) is 3.72. The smallest absolute Gasteiger partial charge is 0.251 e. The van der Waals surface area contributed by atoms with Gasteiger partial charge < -0.3 is 15.2 Å². The molecule has 0 atom stereocenters. The van der Waals surface area contributed by atoms with E-state index in [1.807, 2.05) is 32.2 Å². The zero-order valence-electron chi connectivity index (χ0n) is 11.8. The van der Waals surface area contributed by atoms with Crippen LogP contribution in [0.15, 0.2) is 30.5 Å². The normalized spacial score (nSPS) is 10.5. The molecule has 0 unspecified atom stereocenters. The van der Waals surface area contributed by atoms with Gasteiger partial charge in [0.2, 0.25) is 5.91 Å². The zero-order valence-corrected chi connectivity index (χ0v) is 11.8. The number of hydrogen-bond acceptors (Lipinski definition) is 2. The Balaban J connectivity index is 1.99. The number of amides is 2. The van der Waals surface area contributed by atoms with Crippen LogP contribution in [0.3, 0.4) is 0 Å². The predicted molar refractivity (Wildman–Crippen MR) is 78.6 cm³/mol. The van der Waals surface area contributed by atoms with Crippen molar-refractivity contribution in [1.82, 2.24) is 15.2 Å². The standard InChI is InChI=1S/C15H19N3O2/c1-3-18(4-2)14(19)10-17-15(20)12-6-5-11-7-8-16-13(11)9-12/h5-9,16H,3-4,10H2,1-2H3,(H,17,20). The van der Waals surface area contributed by atoms with Crippen molar-refractivity contribution in [1.29, 1.82) is 0 Å². The quantitative estimate of drug-likeness (QED) is 0.872. The fourth-order valence-electron chi connectivity index (χ4n) is 2.14. The third-order valence-electron chi connectivity index (χ3n) is 3.33. The highest BCUT2D eigenvalue weighted by Gasteiger charge is 2.12. The predicted octanol–water partition coefficient (Wildman–Crippen LogP) is 1.77. The molecule has 0 saturated carbocycles. The van der Waals surface area contributed by atoms with Gasteiger partial charge in [0, 0.05) is 30.4 Å². The van der Waals surface area contributed by atoms with Gasteiger partial charge in [-0.3, -0.25) is 9.59 Å². The number of nitrogens with one attached hydrogen (secondary N) is 2.